The number of aryl methyl sites for hydroxylation is 3. The predicted octanol–water partition coefficient (Wildman–Crippen LogP) is 2.46. The van der Waals surface area contributed by atoms with Crippen molar-refractivity contribution in [1.82, 2.24) is 9.97 Å². The number of aliphatic carboxylic acids is 1. The molecule has 0 spiro atoms. The van der Waals surface area contributed by atoms with Crippen molar-refractivity contribution < 1.29 is 9.90 Å². The van der Waals surface area contributed by atoms with E-state index in [2.05, 4.69) is 15.3 Å². The molecule has 0 radical (unpaired) electrons. The summed E-state index contributed by atoms with van der Waals surface area (Å²) in [5.41, 5.74) is 1.31. The van der Waals surface area contributed by atoms with Gasteiger partial charge in [0.2, 0.25) is 0 Å². The van der Waals surface area contributed by atoms with Gasteiger partial charge in [-0.1, -0.05) is 13.8 Å². The zero-order valence-corrected chi connectivity index (χ0v) is 14.6. The Hall–Kier alpha value is -1.69. The number of carbonyl (C=O) groups excluding carboxylic acids is 1. The van der Waals surface area contributed by atoms with E-state index in [-0.39, 0.29) is 5.92 Å². The summed E-state index contributed by atoms with van der Waals surface area (Å²) >= 11 is 1.72. The van der Waals surface area contributed by atoms with Gasteiger partial charge in [0, 0.05) is 4.88 Å². The van der Waals surface area contributed by atoms with Crippen LogP contribution in [0, 0.1) is 12.8 Å². The van der Waals surface area contributed by atoms with Crippen LogP contribution in [-0.2, 0) is 17.6 Å². The maximum Gasteiger partial charge on any atom is 0.139 e. The Balaban J connectivity index is 2.05. The SMILES string of the molecule is Cc1nc(N[C@H](CC(C)C)C(=O)[O-])c2c3c(sc2n1)CCCC3. The lowest BCUT2D eigenvalue weighted by molar-refractivity contribution is -0.307. The molecule has 0 aromatic carbocycles. The maximum atomic E-state index is 11.5. The second-order valence-electron chi connectivity index (χ2n) is 6.66. The smallest absolute Gasteiger partial charge is 0.139 e. The van der Waals surface area contributed by atoms with Gasteiger partial charge in [-0.2, -0.15) is 0 Å². The molecule has 2 aromatic heterocycles. The van der Waals surface area contributed by atoms with Gasteiger partial charge in [0.1, 0.15) is 16.5 Å². The van der Waals surface area contributed by atoms with E-state index in [4.69, 9.17) is 0 Å². The normalized spacial score (nSPS) is 15.7. The summed E-state index contributed by atoms with van der Waals surface area (Å²) in [6.45, 7) is 5.86. The highest BCUT2D eigenvalue weighted by molar-refractivity contribution is 7.19. The molecule has 0 unspecified atom stereocenters. The summed E-state index contributed by atoms with van der Waals surface area (Å²) in [6.07, 6.45) is 5.01. The molecule has 1 N–H and O–H groups in total. The number of carboxylic acids is 1. The zero-order valence-electron chi connectivity index (χ0n) is 13.8. The average Bonchev–Trinajstić information content (AvgIpc) is 2.83. The van der Waals surface area contributed by atoms with Crippen LogP contribution >= 0.6 is 11.3 Å². The number of fused-ring (bicyclic) bond motifs is 3. The first-order chi connectivity index (χ1) is 11.0. The van der Waals surface area contributed by atoms with E-state index in [0.717, 1.165) is 23.1 Å². The Morgan fingerprint density at radius 3 is 2.74 bits per heavy atom. The first-order valence-electron chi connectivity index (χ1n) is 8.22. The van der Waals surface area contributed by atoms with E-state index >= 15 is 0 Å². The Morgan fingerprint density at radius 1 is 1.30 bits per heavy atom. The molecular formula is C17H22N3O2S-. The topological polar surface area (TPSA) is 77.9 Å². The quantitative estimate of drug-likeness (QED) is 0.910. The van der Waals surface area contributed by atoms with Gasteiger partial charge in [-0.25, -0.2) is 9.97 Å². The van der Waals surface area contributed by atoms with E-state index in [1.807, 2.05) is 20.8 Å². The number of anilines is 1. The van der Waals surface area contributed by atoms with Crippen molar-refractivity contribution in [2.45, 2.75) is 58.9 Å². The third-order valence-electron chi connectivity index (χ3n) is 4.23. The minimum absolute atomic E-state index is 0.264. The average molecular weight is 332 g/mol. The molecule has 6 heteroatoms. The molecule has 5 nitrogen and oxygen atoms in total. The van der Waals surface area contributed by atoms with Crippen LogP contribution in [0.3, 0.4) is 0 Å². The number of carboxylic acid groups (broad SMARTS) is 1. The van der Waals surface area contributed by atoms with Gasteiger partial charge in [0.15, 0.2) is 0 Å². The number of nitrogens with zero attached hydrogens (tertiary/aromatic N) is 2. The third kappa shape index (κ3) is 3.32. The van der Waals surface area contributed by atoms with Gasteiger partial charge < -0.3 is 15.2 Å². The highest BCUT2D eigenvalue weighted by Gasteiger charge is 2.22. The number of aromatic nitrogens is 2. The second-order valence-corrected chi connectivity index (χ2v) is 7.74. The van der Waals surface area contributed by atoms with Crippen LogP contribution in [0.1, 0.15) is 49.4 Å². The summed E-state index contributed by atoms with van der Waals surface area (Å²) in [6, 6.07) is -0.730. The van der Waals surface area contributed by atoms with Crippen LogP contribution in [0.25, 0.3) is 10.2 Å². The van der Waals surface area contributed by atoms with Crippen LogP contribution in [-0.4, -0.2) is 22.0 Å². The van der Waals surface area contributed by atoms with Gasteiger partial charge in [0.05, 0.1) is 17.4 Å². The number of nitrogens with one attached hydrogen (secondary N) is 1. The predicted molar refractivity (Wildman–Crippen MR) is 90.7 cm³/mol. The Morgan fingerprint density at radius 2 is 2.04 bits per heavy atom. The number of rotatable bonds is 5. The molecule has 124 valence electrons. The lowest BCUT2D eigenvalue weighted by Crippen LogP contribution is -2.42. The molecule has 0 saturated heterocycles. The molecule has 3 rings (SSSR count). The van der Waals surface area contributed by atoms with Gasteiger partial charge in [-0.3, -0.25) is 0 Å². The van der Waals surface area contributed by atoms with Crippen LogP contribution in [0.2, 0.25) is 0 Å². The van der Waals surface area contributed by atoms with Crippen LogP contribution in [0.4, 0.5) is 5.82 Å². The van der Waals surface area contributed by atoms with Crippen molar-refractivity contribution in [1.29, 1.82) is 0 Å². The molecule has 2 aromatic rings. The number of carbonyl (C=O) groups is 1. The van der Waals surface area contributed by atoms with Gasteiger partial charge in [-0.05, 0) is 50.5 Å². The molecule has 0 bridgehead atoms. The summed E-state index contributed by atoms with van der Waals surface area (Å²) in [5.74, 6) is 0.509. The van der Waals surface area contributed by atoms with Crippen LogP contribution < -0.4 is 10.4 Å². The fourth-order valence-electron chi connectivity index (χ4n) is 3.22. The number of thiophene rings is 1. The Kier molecular flexibility index (Phi) is 4.53. The van der Waals surface area contributed by atoms with Crippen LogP contribution in [0.15, 0.2) is 0 Å². The Bertz CT molecular complexity index is 739. The fourth-order valence-corrected chi connectivity index (χ4v) is 4.53. The fraction of sp³-hybridized carbons (Fsp3) is 0.588. The molecule has 1 atom stereocenters. The second kappa shape index (κ2) is 6.43. The van der Waals surface area contributed by atoms with Crippen molar-refractivity contribution in [3.63, 3.8) is 0 Å². The highest BCUT2D eigenvalue weighted by Crippen LogP contribution is 2.38. The molecule has 2 heterocycles. The first-order valence-corrected chi connectivity index (χ1v) is 9.03. The molecule has 0 saturated carbocycles. The number of hydrogen-bond donors (Lipinski definition) is 1. The van der Waals surface area contributed by atoms with Gasteiger partial charge >= 0.3 is 0 Å². The van der Waals surface area contributed by atoms with E-state index < -0.39 is 12.0 Å². The molecule has 0 fully saturated rings. The molecule has 1 aliphatic carbocycles. The van der Waals surface area contributed by atoms with Crippen LogP contribution in [0.5, 0.6) is 0 Å². The van der Waals surface area contributed by atoms with Crippen molar-refractivity contribution in [2.75, 3.05) is 5.32 Å². The van der Waals surface area contributed by atoms with Crippen molar-refractivity contribution in [3.05, 3.63) is 16.3 Å². The van der Waals surface area contributed by atoms with E-state index in [1.54, 1.807) is 11.3 Å². The summed E-state index contributed by atoms with van der Waals surface area (Å²) < 4.78 is 0. The molecule has 23 heavy (non-hydrogen) atoms. The van der Waals surface area contributed by atoms with Crippen molar-refractivity contribution in [3.8, 4) is 0 Å². The lowest BCUT2D eigenvalue weighted by Gasteiger charge is -2.23. The molecule has 0 aliphatic heterocycles. The lowest BCUT2D eigenvalue weighted by atomic mass is 9.96. The van der Waals surface area contributed by atoms with Crippen molar-refractivity contribution in [2.24, 2.45) is 5.92 Å². The summed E-state index contributed by atoms with van der Waals surface area (Å²) in [4.78, 5) is 22.9. The van der Waals surface area contributed by atoms with E-state index in [0.29, 0.717) is 18.1 Å². The standard InChI is InChI=1S/C17H23N3O2S/c1-9(2)8-12(17(21)22)20-15-14-11-6-4-5-7-13(11)23-16(14)19-10(3)18-15/h9,12H,4-8H2,1-3H3,(H,21,22)(H,18,19,20)/p-1/t12-/m1/s1. The number of hydrogen-bond acceptors (Lipinski definition) is 6. The molecular weight excluding hydrogens is 310 g/mol. The first kappa shape index (κ1) is 16.2. The van der Waals surface area contributed by atoms with E-state index in [1.165, 1.54) is 23.3 Å². The largest absolute Gasteiger partial charge is 0.548 e. The van der Waals surface area contributed by atoms with Crippen molar-refractivity contribution >= 4 is 33.3 Å². The Labute approximate surface area is 140 Å². The maximum absolute atomic E-state index is 11.5. The minimum Gasteiger partial charge on any atom is -0.548 e. The third-order valence-corrected chi connectivity index (χ3v) is 5.41. The van der Waals surface area contributed by atoms with Gasteiger partial charge in [0.25, 0.3) is 0 Å². The minimum atomic E-state index is -1.08. The highest BCUT2D eigenvalue weighted by atomic mass is 32.1. The molecule has 1 aliphatic rings. The van der Waals surface area contributed by atoms with E-state index in [9.17, 15) is 9.90 Å². The van der Waals surface area contributed by atoms with Gasteiger partial charge in [-0.15, -0.1) is 11.3 Å². The summed E-state index contributed by atoms with van der Waals surface area (Å²) in [7, 11) is 0. The summed E-state index contributed by atoms with van der Waals surface area (Å²) in [5, 5.41) is 15.6. The zero-order chi connectivity index (χ0) is 16.6. The monoisotopic (exact) mass is 332 g/mol. The molecule has 0 amide bonds.